The molecule has 4 aromatic rings. The van der Waals surface area contributed by atoms with Crippen LogP contribution in [0.2, 0.25) is 0 Å². The van der Waals surface area contributed by atoms with E-state index in [9.17, 15) is 34.0 Å². The Morgan fingerprint density at radius 1 is 0.758 bits per heavy atom. The quantitative estimate of drug-likeness (QED) is 0.0903. The summed E-state index contributed by atoms with van der Waals surface area (Å²) in [6.07, 6.45) is 4.91. The molecule has 0 saturated carbocycles. The Balaban J connectivity index is 0.800. The number of allylic oxidation sites excluding steroid dienone is 1. The first-order valence-electron chi connectivity index (χ1n) is 21.5. The molecular weight excluding hydrogens is 805 g/mol. The number of piperidine rings is 3. The van der Waals surface area contributed by atoms with Crippen LogP contribution in [-0.2, 0) is 27.5 Å². The Morgan fingerprint density at radius 2 is 1.34 bits per heavy atom. The van der Waals surface area contributed by atoms with E-state index in [0.29, 0.717) is 30.9 Å². The number of nitrogens with one attached hydrogen (secondary N) is 1. The number of alkyl halides is 1. The van der Waals surface area contributed by atoms with E-state index in [1.165, 1.54) is 5.69 Å². The van der Waals surface area contributed by atoms with Crippen molar-refractivity contribution in [1.82, 2.24) is 20.0 Å². The van der Waals surface area contributed by atoms with Gasteiger partial charge < -0.3 is 19.8 Å². The number of carbonyl (C=O) groups excluding carboxylic acids is 5. The minimum Gasteiger partial charge on any atom is -0.423 e. The molecule has 5 aliphatic rings. The average molecular weight is 854 g/mol. The largest absolute Gasteiger partial charge is 0.488 e. The van der Waals surface area contributed by atoms with Gasteiger partial charge in [-0.15, -0.1) is 11.6 Å². The topological polar surface area (TPSA) is 151 Å². The number of carbonyl (C=O) groups is 5. The van der Waals surface area contributed by atoms with Gasteiger partial charge in [0, 0.05) is 57.3 Å². The van der Waals surface area contributed by atoms with E-state index in [1.54, 1.807) is 24.3 Å². The summed E-state index contributed by atoms with van der Waals surface area (Å²) in [5.74, 6) is -1.53. The van der Waals surface area contributed by atoms with Gasteiger partial charge in [0.15, 0.2) is 0 Å². The Kier molecular flexibility index (Phi) is 11.6. The molecule has 3 saturated heterocycles. The van der Waals surface area contributed by atoms with E-state index >= 15 is 0 Å². The predicted octanol–water partition coefficient (Wildman–Crippen LogP) is 4.58. The summed E-state index contributed by atoms with van der Waals surface area (Å²) in [6.45, 7) is 4.56. The van der Waals surface area contributed by atoms with Crippen molar-refractivity contribution in [3.05, 3.63) is 130 Å². The molecule has 0 radical (unpaired) electrons. The maximum atomic E-state index is 13.6. The number of anilines is 1. The molecule has 1 spiro atoms. The molecule has 1 atom stereocenters. The van der Waals surface area contributed by atoms with Crippen molar-refractivity contribution in [2.45, 2.75) is 64.1 Å². The Morgan fingerprint density at radius 3 is 1.90 bits per heavy atom. The Hall–Kier alpha value is -5.60. The third-order valence-electron chi connectivity index (χ3n) is 13.7. The van der Waals surface area contributed by atoms with Gasteiger partial charge in [0.25, 0.3) is 11.8 Å². The first kappa shape index (κ1) is 41.7. The highest BCUT2D eigenvalue weighted by atomic mass is 35.5. The van der Waals surface area contributed by atoms with Gasteiger partial charge in [-0.05, 0) is 113 Å². The number of amides is 5. The fraction of sp³-hybridized carbons (Fsp3) is 0.354. The van der Waals surface area contributed by atoms with Crippen LogP contribution in [-0.4, -0.2) is 106 Å². The lowest BCUT2D eigenvalue weighted by Crippen LogP contribution is -2.54. The van der Waals surface area contributed by atoms with Crippen LogP contribution < -0.4 is 15.7 Å². The normalized spacial score (nSPS) is 20.3. The molecule has 5 heterocycles. The van der Waals surface area contributed by atoms with Gasteiger partial charge >= 0.3 is 7.12 Å². The number of hydrogen-bond acceptors (Lipinski definition) is 9. The second-order valence-electron chi connectivity index (χ2n) is 17.3. The minimum absolute atomic E-state index is 0.0716. The summed E-state index contributed by atoms with van der Waals surface area (Å²) in [4.78, 5) is 71.9. The molecular formula is C48H49BClN5O7. The van der Waals surface area contributed by atoms with E-state index in [-0.39, 0.29) is 41.8 Å². The summed E-state index contributed by atoms with van der Waals surface area (Å²) in [7, 11) is -1.54. The number of rotatable bonds is 10. The van der Waals surface area contributed by atoms with Crippen LogP contribution in [0.5, 0.6) is 0 Å². The number of hydrogen-bond donors (Lipinski definition) is 3. The highest BCUT2D eigenvalue weighted by Gasteiger charge is 2.46. The number of likely N-dealkylation sites (tertiary alicyclic amines) is 1. The fourth-order valence-corrected chi connectivity index (χ4v) is 10.3. The fourth-order valence-electron chi connectivity index (χ4n) is 10.1. The van der Waals surface area contributed by atoms with Crippen LogP contribution in [0, 0.1) is 5.41 Å². The number of nitrogens with zero attached hydrogens (tertiary/aromatic N) is 4. The van der Waals surface area contributed by atoms with Gasteiger partial charge in [-0.1, -0.05) is 66.7 Å². The van der Waals surface area contributed by atoms with E-state index < -0.39 is 36.8 Å². The van der Waals surface area contributed by atoms with Gasteiger partial charge in [-0.3, -0.25) is 39.1 Å². The molecule has 62 heavy (non-hydrogen) atoms. The van der Waals surface area contributed by atoms with E-state index in [1.807, 2.05) is 35.2 Å². The van der Waals surface area contributed by atoms with Crippen LogP contribution >= 0.6 is 11.6 Å². The molecule has 0 bridgehead atoms. The molecule has 3 N–H and O–H groups in total. The third kappa shape index (κ3) is 8.10. The van der Waals surface area contributed by atoms with Crippen LogP contribution in [0.15, 0.2) is 91.0 Å². The molecule has 14 heteroatoms. The van der Waals surface area contributed by atoms with E-state index in [4.69, 9.17) is 11.6 Å². The smallest absolute Gasteiger partial charge is 0.423 e. The number of benzene rings is 4. The van der Waals surface area contributed by atoms with Gasteiger partial charge in [-0.25, -0.2) is 0 Å². The number of fused-ring (bicyclic) bond motifs is 2. The van der Waals surface area contributed by atoms with Crippen molar-refractivity contribution in [1.29, 1.82) is 0 Å². The molecule has 5 amide bonds. The van der Waals surface area contributed by atoms with Crippen molar-refractivity contribution in [2.24, 2.45) is 5.41 Å². The standard InChI is InChI=1S/C48H49BClN5O7/c50-21-16-38(31-4-2-1-3-5-31)44(32-6-10-36(11-7-32)49(61)62)33-8-12-37(13-9-33)53-22-17-48(18-23-53)19-24-54(25-20-48)43(57)30-52-28-34-26-39-40(27-35(34)29-52)47(60)55(46(39)59)41-14-15-42(56)51-45(41)58/h1-13,26-27,41,61-62H,14-25,28-30H2,(H,51,56,58)/b44-38-. The van der Waals surface area contributed by atoms with Crippen molar-refractivity contribution < 1.29 is 34.0 Å². The van der Waals surface area contributed by atoms with Gasteiger partial charge in [0.05, 0.1) is 17.7 Å². The monoisotopic (exact) mass is 853 g/mol. The number of imide groups is 2. The summed E-state index contributed by atoms with van der Waals surface area (Å²) >= 11 is 6.38. The van der Waals surface area contributed by atoms with Gasteiger partial charge in [-0.2, -0.15) is 0 Å². The van der Waals surface area contributed by atoms with E-state index in [2.05, 4.69) is 51.5 Å². The van der Waals surface area contributed by atoms with Gasteiger partial charge in [0.1, 0.15) is 6.04 Å². The molecule has 1 unspecified atom stereocenters. The maximum absolute atomic E-state index is 13.6. The molecule has 4 aromatic carbocycles. The Labute approximate surface area is 366 Å². The zero-order chi connectivity index (χ0) is 43.1. The van der Waals surface area contributed by atoms with E-state index in [0.717, 1.165) is 95.7 Å². The molecule has 12 nitrogen and oxygen atoms in total. The molecule has 3 fully saturated rings. The van der Waals surface area contributed by atoms with Crippen LogP contribution in [0.1, 0.15) is 93.5 Å². The minimum atomic E-state index is -1.54. The zero-order valence-corrected chi connectivity index (χ0v) is 35.3. The summed E-state index contributed by atoms with van der Waals surface area (Å²) in [6, 6.07) is 28.8. The first-order chi connectivity index (χ1) is 30.0. The SMILES string of the molecule is O=C1CCC(N2C(=O)c3cc4c(cc3C2=O)CN(CC(=O)N2CCC3(CC2)CCN(c2ccc(/C(=C(/CCCl)c5ccccc5)c5ccc(B(O)O)cc5)cc2)CC3)C4)C(=O)N1. The summed E-state index contributed by atoms with van der Waals surface area (Å²) in [5, 5.41) is 21.7. The molecule has 5 aliphatic heterocycles. The summed E-state index contributed by atoms with van der Waals surface area (Å²) < 4.78 is 0. The lowest BCUT2D eigenvalue weighted by molar-refractivity contribution is -0.137. The second kappa shape index (κ2) is 17.3. The predicted molar refractivity (Wildman–Crippen MR) is 237 cm³/mol. The first-order valence-corrected chi connectivity index (χ1v) is 22.1. The highest BCUT2D eigenvalue weighted by molar-refractivity contribution is 6.58. The lowest BCUT2D eigenvalue weighted by Gasteiger charge is -2.47. The second-order valence-corrected chi connectivity index (χ2v) is 17.7. The van der Waals surface area contributed by atoms with Crippen molar-refractivity contribution in [3.8, 4) is 0 Å². The third-order valence-corrected chi connectivity index (χ3v) is 13.9. The zero-order valence-electron chi connectivity index (χ0n) is 34.5. The highest BCUT2D eigenvalue weighted by Crippen LogP contribution is 2.43. The van der Waals surface area contributed by atoms with Crippen LogP contribution in [0.4, 0.5) is 5.69 Å². The van der Waals surface area contributed by atoms with Crippen LogP contribution in [0.25, 0.3) is 11.1 Å². The lowest BCUT2D eigenvalue weighted by atomic mass is 9.71. The maximum Gasteiger partial charge on any atom is 0.488 e. The van der Waals surface area contributed by atoms with Crippen molar-refractivity contribution in [2.75, 3.05) is 43.5 Å². The molecule has 0 aliphatic carbocycles. The van der Waals surface area contributed by atoms with Gasteiger partial charge in [0.2, 0.25) is 17.7 Å². The Bertz CT molecular complexity index is 2400. The average Bonchev–Trinajstić information content (AvgIpc) is 3.79. The van der Waals surface area contributed by atoms with Crippen molar-refractivity contribution in [3.63, 3.8) is 0 Å². The number of halogens is 1. The van der Waals surface area contributed by atoms with Crippen LogP contribution in [0.3, 0.4) is 0 Å². The molecule has 0 aromatic heterocycles. The molecule has 318 valence electrons. The van der Waals surface area contributed by atoms with Crippen molar-refractivity contribution >= 4 is 70.6 Å². The molecule has 9 rings (SSSR count). The summed E-state index contributed by atoms with van der Waals surface area (Å²) in [5.41, 5.74) is 9.46.